The molecular weight excluding hydrogens is 532 g/mol. The van der Waals surface area contributed by atoms with Crippen molar-refractivity contribution in [2.45, 2.75) is 13.8 Å². The fourth-order valence-electron chi connectivity index (χ4n) is 6.50. The maximum Gasteiger partial charge on any atom is 0.146 e. The summed E-state index contributed by atoms with van der Waals surface area (Å²) < 4.78 is 10.6. The molecule has 0 spiro atoms. The predicted octanol–water partition coefficient (Wildman–Crippen LogP) is 8.46. The molecule has 0 unspecified atom stereocenters. The molecule has 9 aromatic rings. The minimum absolute atomic E-state index is 0.734. The van der Waals surface area contributed by atoms with Gasteiger partial charge >= 0.3 is 0 Å². The number of benzene rings is 3. The maximum absolute atomic E-state index is 6.47. The van der Waals surface area contributed by atoms with Crippen molar-refractivity contribution in [3.8, 4) is 22.8 Å². The molecule has 6 heterocycles. The van der Waals surface area contributed by atoms with Crippen LogP contribution in [0.2, 0.25) is 0 Å². The number of ether oxygens (including phenoxy) is 1. The van der Waals surface area contributed by atoms with Crippen molar-refractivity contribution < 1.29 is 4.74 Å². The van der Waals surface area contributed by atoms with Gasteiger partial charge in [-0.2, -0.15) is 0 Å². The normalized spacial score (nSPS) is 12.0. The van der Waals surface area contributed by atoms with Crippen LogP contribution in [-0.4, -0.2) is 28.7 Å². The number of imidazole rings is 2. The van der Waals surface area contributed by atoms with E-state index in [1.54, 1.807) is 6.20 Å². The second-order valence-corrected chi connectivity index (χ2v) is 11.0. The third-order valence-electron chi connectivity index (χ3n) is 8.42. The van der Waals surface area contributed by atoms with Crippen molar-refractivity contribution >= 4 is 54.9 Å². The summed E-state index contributed by atoms with van der Waals surface area (Å²) in [6.07, 6.45) is 9.36. The van der Waals surface area contributed by atoms with E-state index in [1.807, 2.05) is 47.4 Å². The molecule has 43 heavy (non-hydrogen) atoms. The lowest BCUT2D eigenvalue weighted by Gasteiger charge is -2.14. The van der Waals surface area contributed by atoms with Crippen LogP contribution in [0.4, 0.5) is 0 Å². The van der Waals surface area contributed by atoms with E-state index in [0.717, 1.165) is 72.1 Å². The van der Waals surface area contributed by atoms with Gasteiger partial charge in [0, 0.05) is 58.1 Å². The van der Waals surface area contributed by atoms with E-state index in [2.05, 4.69) is 88.9 Å². The maximum atomic E-state index is 6.47. The molecule has 0 fully saturated rings. The summed E-state index contributed by atoms with van der Waals surface area (Å²) in [5, 5.41) is 6.32. The molecule has 0 radical (unpaired) electrons. The van der Waals surface area contributed by atoms with Gasteiger partial charge in [-0.25, -0.2) is 19.9 Å². The van der Waals surface area contributed by atoms with Gasteiger partial charge in [0.05, 0.1) is 5.69 Å². The van der Waals surface area contributed by atoms with E-state index in [9.17, 15) is 0 Å². The molecule has 0 aliphatic heterocycles. The van der Waals surface area contributed by atoms with Crippen molar-refractivity contribution in [1.82, 2.24) is 28.7 Å². The molecule has 7 nitrogen and oxygen atoms in total. The number of nitrogens with zero attached hydrogens (tertiary/aromatic N) is 6. The summed E-state index contributed by atoms with van der Waals surface area (Å²) in [7, 11) is 0. The lowest BCUT2D eigenvalue weighted by atomic mass is 9.99. The molecule has 6 aromatic heterocycles. The average molecular weight is 557 g/mol. The van der Waals surface area contributed by atoms with Crippen LogP contribution in [0, 0.1) is 13.8 Å². The Morgan fingerprint density at radius 2 is 1.07 bits per heavy atom. The van der Waals surface area contributed by atoms with Crippen LogP contribution >= 0.6 is 0 Å². The Labute approximate surface area is 245 Å². The molecule has 0 saturated carbocycles. The number of pyridine rings is 4. The van der Waals surface area contributed by atoms with E-state index < -0.39 is 0 Å². The highest BCUT2D eigenvalue weighted by molar-refractivity contribution is 6.12. The highest BCUT2D eigenvalue weighted by Crippen LogP contribution is 2.36. The van der Waals surface area contributed by atoms with Gasteiger partial charge in [0.25, 0.3) is 0 Å². The summed E-state index contributed by atoms with van der Waals surface area (Å²) in [4.78, 5) is 19.1. The Hall–Kier alpha value is -5.82. The first-order valence-corrected chi connectivity index (χ1v) is 14.2. The van der Waals surface area contributed by atoms with Gasteiger partial charge in [-0.05, 0) is 96.4 Å². The second kappa shape index (κ2) is 8.84. The molecule has 0 saturated heterocycles. The lowest BCUT2D eigenvalue weighted by molar-refractivity contribution is 0.484. The zero-order valence-electron chi connectivity index (χ0n) is 23.5. The van der Waals surface area contributed by atoms with Crippen LogP contribution in [0.5, 0.6) is 11.5 Å². The fourth-order valence-corrected chi connectivity index (χ4v) is 6.50. The summed E-state index contributed by atoms with van der Waals surface area (Å²) >= 11 is 0. The quantitative estimate of drug-likeness (QED) is 0.204. The van der Waals surface area contributed by atoms with Gasteiger partial charge in [-0.15, -0.1) is 0 Å². The molecule has 0 aliphatic rings. The minimum Gasteiger partial charge on any atom is -0.457 e. The van der Waals surface area contributed by atoms with Gasteiger partial charge in [0.15, 0.2) is 0 Å². The monoisotopic (exact) mass is 556 g/mol. The van der Waals surface area contributed by atoms with Crippen LogP contribution in [0.25, 0.3) is 66.2 Å². The van der Waals surface area contributed by atoms with Crippen molar-refractivity contribution in [2.24, 2.45) is 0 Å². The average Bonchev–Trinajstić information content (AvgIpc) is 3.73. The molecule has 7 heteroatoms. The van der Waals surface area contributed by atoms with E-state index in [-0.39, 0.29) is 0 Å². The van der Waals surface area contributed by atoms with Crippen LogP contribution in [-0.2, 0) is 0 Å². The van der Waals surface area contributed by atoms with Crippen molar-refractivity contribution in [3.05, 3.63) is 121 Å². The van der Waals surface area contributed by atoms with Crippen LogP contribution in [0.15, 0.2) is 110 Å². The molecule has 0 bridgehead atoms. The third kappa shape index (κ3) is 3.48. The zero-order valence-corrected chi connectivity index (χ0v) is 23.5. The van der Waals surface area contributed by atoms with E-state index in [4.69, 9.17) is 14.7 Å². The number of aryl methyl sites for hydroxylation is 2. The standard InChI is InChI=1S/C36H24N6O/c1-21-5-3-6-22(2)32(21)31-13-12-28-26-11-9-24(20-30(26)35-39-16-18-42(35)36(28)40-31)43-23-8-10-25-27-7-4-14-37-33(27)41-17-15-38-34(41)29(25)19-23/h3-20H,1-2H3. The minimum atomic E-state index is 0.734. The summed E-state index contributed by atoms with van der Waals surface area (Å²) in [5.74, 6) is 1.47. The summed E-state index contributed by atoms with van der Waals surface area (Å²) in [5.41, 5.74) is 8.02. The highest BCUT2D eigenvalue weighted by Gasteiger charge is 2.16. The molecular formula is C36H24N6O. The van der Waals surface area contributed by atoms with E-state index in [0.29, 0.717) is 0 Å². The molecule has 204 valence electrons. The van der Waals surface area contributed by atoms with Gasteiger partial charge in [-0.3, -0.25) is 8.80 Å². The summed E-state index contributed by atoms with van der Waals surface area (Å²) in [6.45, 7) is 4.27. The van der Waals surface area contributed by atoms with E-state index >= 15 is 0 Å². The van der Waals surface area contributed by atoms with Gasteiger partial charge < -0.3 is 4.74 Å². The van der Waals surface area contributed by atoms with Crippen molar-refractivity contribution in [1.29, 1.82) is 0 Å². The van der Waals surface area contributed by atoms with Gasteiger partial charge in [-0.1, -0.05) is 18.2 Å². The van der Waals surface area contributed by atoms with Crippen LogP contribution < -0.4 is 4.74 Å². The first-order chi connectivity index (χ1) is 21.1. The Bertz CT molecular complexity index is 2560. The van der Waals surface area contributed by atoms with Crippen LogP contribution in [0.1, 0.15) is 11.1 Å². The molecule has 3 aromatic carbocycles. The Kier molecular flexibility index (Phi) is 4.90. The highest BCUT2D eigenvalue weighted by atomic mass is 16.5. The second-order valence-electron chi connectivity index (χ2n) is 11.0. The Morgan fingerprint density at radius 3 is 1.74 bits per heavy atom. The first-order valence-electron chi connectivity index (χ1n) is 14.2. The Balaban J connectivity index is 1.18. The topological polar surface area (TPSA) is 69.6 Å². The number of aromatic nitrogens is 6. The fraction of sp³-hybridized carbons (Fsp3) is 0.0556. The first kappa shape index (κ1) is 23.8. The molecule has 0 amide bonds. The van der Waals surface area contributed by atoms with E-state index in [1.165, 1.54) is 16.7 Å². The molecule has 0 atom stereocenters. The Morgan fingerprint density at radius 1 is 0.512 bits per heavy atom. The molecule has 0 aliphatic carbocycles. The predicted molar refractivity (Wildman–Crippen MR) is 171 cm³/mol. The number of hydrogen-bond acceptors (Lipinski definition) is 5. The zero-order chi connectivity index (χ0) is 28.7. The largest absolute Gasteiger partial charge is 0.457 e. The molecule has 0 N–H and O–H groups in total. The van der Waals surface area contributed by atoms with Crippen molar-refractivity contribution in [3.63, 3.8) is 0 Å². The smallest absolute Gasteiger partial charge is 0.146 e. The van der Waals surface area contributed by atoms with Gasteiger partial charge in [0.1, 0.15) is 34.1 Å². The third-order valence-corrected chi connectivity index (χ3v) is 8.42. The lowest BCUT2D eigenvalue weighted by Crippen LogP contribution is -1.97. The molecule has 9 rings (SSSR count). The van der Waals surface area contributed by atoms with Crippen LogP contribution in [0.3, 0.4) is 0 Å². The SMILES string of the molecule is Cc1cccc(C)c1-c1ccc2c3ccc(Oc4ccc5c6cccnc6n6ccnc6c5c4)cc3c3nccn3c2n1. The van der Waals surface area contributed by atoms with Gasteiger partial charge in [0.2, 0.25) is 0 Å². The number of hydrogen-bond donors (Lipinski definition) is 0. The number of rotatable bonds is 3. The summed E-state index contributed by atoms with van der Waals surface area (Å²) in [6, 6.07) is 27.0. The van der Waals surface area contributed by atoms with Crippen molar-refractivity contribution in [2.75, 3.05) is 0 Å². The number of fused-ring (bicyclic) bond motifs is 12.